The van der Waals surface area contributed by atoms with Crippen LogP contribution in [0.3, 0.4) is 0 Å². The number of piperazine rings is 1. The molecule has 0 N–H and O–H groups in total. The third-order valence-electron chi connectivity index (χ3n) is 6.19. The Balaban J connectivity index is 1.38. The Morgan fingerprint density at radius 2 is 1.80 bits per heavy atom. The van der Waals surface area contributed by atoms with Crippen molar-refractivity contribution < 1.29 is 18.0 Å². The number of hydrogen-bond donors (Lipinski definition) is 0. The quantitative estimate of drug-likeness (QED) is 0.808. The number of carbonyl (C=O) groups excluding carboxylic acids is 1. The molecule has 3 aliphatic rings. The van der Waals surface area contributed by atoms with Crippen molar-refractivity contribution in [2.75, 3.05) is 31.1 Å². The fourth-order valence-corrected chi connectivity index (χ4v) is 4.85. The van der Waals surface area contributed by atoms with Crippen LogP contribution in [0.4, 0.5) is 18.9 Å². The van der Waals surface area contributed by atoms with E-state index in [0.717, 1.165) is 18.4 Å². The van der Waals surface area contributed by atoms with Gasteiger partial charge in [0.15, 0.2) is 0 Å². The summed E-state index contributed by atoms with van der Waals surface area (Å²) in [7, 11) is 0. The van der Waals surface area contributed by atoms with Crippen LogP contribution >= 0.6 is 0 Å². The van der Waals surface area contributed by atoms with E-state index in [-0.39, 0.29) is 11.8 Å². The van der Waals surface area contributed by atoms with Crippen molar-refractivity contribution in [3.05, 3.63) is 29.8 Å². The summed E-state index contributed by atoms with van der Waals surface area (Å²) in [5.41, 5.74) is -0.0349. The first-order valence-corrected chi connectivity index (χ1v) is 9.13. The Hall–Kier alpha value is -1.72. The molecule has 1 aliphatic heterocycles. The van der Waals surface area contributed by atoms with E-state index < -0.39 is 11.7 Å². The van der Waals surface area contributed by atoms with Gasteiger partial charge in [0.1, 0.15) is 0 Å². The topological polar surface area (TPSA) is 23.6 Å². The predicted molar refractivity (Wildman–Crippen MR) is 89.2 cm³/mol. The second-order valence-corrected chi connectivity index (χ2v) is 7.64. The van der Waals surface area contributed by atoms with Crippen LogP contribution in [0.25, 0.3) is 0 Å². The lowest BCUT2D eigenvalue weighted by Gasteiger charge is -2.38. The normalized spacial score (nSPS) is 29.3. The number of anilines is 1. The minimum absolute atomic E-state index is 0.193. The summed E-state index contributed by atoms with van der Waals surface area (Å²) in [6.45, 7) is 2.38. The molecule has 2 saturated carbocycles. The summed E-state index contributed by atoms with van der Waals surface area (Å²) in [5, 5.41) is 0. The lowest BCUT2D eigenvalue weighted by molar-refractivity contribution is -0.138. The monoisotopic (exact) mass is 352 g/mol. The number of alkyl halides is 3. The van der Waals surface area contributed by atoms with E-state index in [0.29, 0.717) is 37.8 Å². The molecular weight excluding hydrogens is 329 g/mol. The molecule has 2 aliphatic carbocycles. The Labute approximate surface area is 145 Å². The molecule has 136 valence electrons. The highest BCUT2D eigenvalue weighted by Crippen LogP contribution is 2.49. The molecule has 2 bridgehead atoms. The molecule has 1 heterocycles. The van der Waals surface area contributed by atoms with E-state index >= 15 is 0 Å². The fourth-order valence-electron chi connectivity index (χ4n) is 4.85. The molecular formula is C19H23F3N2O. The van der Waals surface area contributed by atoms with E-state index in [1.807, 2.05) is 9.80 Å². The van der Waals surface area contributed by atoms with E-state index in [4.69, 9.17) is 0 Å². The maximum absolute atomic E-state index is 12.9. The van der Waals surface area contributed by atoms with Crippen LogP contribution in [0.2, 0.25) is 0 Å². The van der Waals surface area contributed by atoms with Crippen LogP contribution in [0.5, 0.6) is 0 Å². The van der Waals surface area contributed by atoms with Crippen molar-refractivity contribution in [2.24, 2.45) is 17.8 Å². The van der Waals surface area contributed by atoms with Crippen LogP contribution in [-0.4, -0.2) is 37.0 Å². The third kappa shape index (κ3) is 3.23. The van der Waals surface area contributed by atoms with Gasteiger partial charge < -0.3 is 9.80 Å². The first-order valence-electron chi connectivity index (χ1n) is 9.13. The van der Waals surface area contributed by atoms with Gasteiger partial charge in [0.25, 0.3) is 0 Å². The van der Waals surface area contributed by atoms with Crippen LogP contribution in [0, 0.1) is 17.8 Å². The van der Waals surface area contributed by atoms with Gasteiger partial charge in [-0.2, -0.15) is 13.2 Å². The molecule has 1 saturated heterocycles. The number of rotatable bonds is 2. The molecule has 1 aromatic rings. The molecule has 4 rings (SSSR count). The first-order chi connectivity index (χ1) is 11.9. The molecule has 3 nitrogen and oxygen atoms in total. The standard InChI is InChI=1S/C19H23F3N2O/c20-19(21,22)15-2-1-3-16(12-15)23-6-8-24(9-7-23)18(25)17-11-13-4-5-14(17)10-13/h1-3,12-14,17H,4-11H2/t13-,14+,17+/m0/s1. The van der Waals surface area contributed by atoms with E-state index in [1.54, 1.807) is 6.07 Å². The molecule has 1 aromatic carbocycles. The zero-order valence-electron chi connectivity index (χ0n) is 14.1. The SMILES string of the molecule is O=C([C@@H]1C[C@H]2CC[C@@H]1C2)N1CCN(c2cccc(C(F)(F)F)c2)CC1. The zero-order chi connectivity index (χ0) is 17.6. The van der Waals surface area contributed by atoms with Crippen molar-refractivity contribution in [3.63, 3.8) is 0 Å². The van der Waals surface area contributed by atoms with E-state index in [1.165, 1.54) is 31.4 Å². The van der Waals surface area contributed by atoms with Crippen molar-refractivity contribution >= 4 is 11.6 Å². The van der Waals surface area contributed by atoms with Gasteiger partial charge in [-0.25, -0.2) is 0 Å². The minimum atomic E-state index is -4.32. The van der Waals surface area contributed by atoms with E-state index in [2.05, 4.69) is 0 Å². The molecule has 0 aromatic heterocycles. The summed E-state index contributed by atoms with van der Waals surface area (Å²) >= 11 is 0. The predicted octanol–water partition coefficient (Wildman–Crippen LogP) is 3.79. The number of fused-ring (bicyclic) bond motifs is 2. The van der Waals surface area contributed by atoms with Gasteiger partial charge in [0, 0.05) is 37.8 Å². The Kier molecular flexibility index (Phi) is 4.16. The molecule has 0 spiro atoms. The average molecular weight is 352 g/mol. The maximum Gasteiger partial charge on any atom is 0.416 e. The second kappa shape index (κ2) is 6.22. The van der Waals surface area contributed by atoms with Gasteiger partial charge in [0.05, 0.1) is 5.56 Å². The molecule has 1 amide bonds. The van der Waals surface area contributed by atoms with Crippen molar-refractivity contribution in [1.29, 1.82) is 0 Å². The van der Waals surface area contributed by atoms with Gasteiger partial charge in [0.2, 0.25) is 5.91 Å². The smallest absolute Gasteiger partial charge is 0.368 e. The van der Waals surface area contributed by atoms with E-state index in [9.17, 15) is 18.0 Å². The van der Waals surface area contributed by atoms with Gasteiger partial charge in [-0.1, -0.05) is 12.5 Å². The summed E-state index contributed by atoms with van der Waals surface area (Å²) < 4.78 is 38.6. The highest BCUT2D eigenvalue weighted by molar-refractivity contribution is 5.80. The third-order valence-corrected chi connectivity index (χ3v) is 6.19. The minimum Gasteiger partial charge on any atom is -0.368 e. The molecule has 0 radical (unpaired) electrons. The molecule has 3 fully saturated rings. The molecule has 6 heteroatoms. The van der Waals surface area contributed by atoms with Crippen molar-refractivity contribution in [3.8, 4) is 0 Å². The van der Waals surface area contributed by atoms with Crippen LogP contribution in [-0.2, 0) is 11.0 Å². The number of nitrogens with zero attached hydrogens (tertiary/aromatic N) is 2. The van der Waals surface area contributed by atoms with Crippen LogP contribution in [0.15, 0.2) is 24.3 Å². The zero-order valence-corrected chi connectivity index (χ0v) is 14.1. The lowest BCUT2D eigenvalue weighted by atomic mass is 9.87. The Morgan fingerprint density at radius 3 is 2.40 bits per heavy atom. The fraction of sp³-hybridized carbons (Fsp3) is 0.632. The number of benzene rings is 1. The summed E-state index contributed by atoms with van der Waals surface area (Å²) in [6.07, 6.45) is 0.385. The average Bonchev–Trinajstić information content (AvgIpc) is 3.24. The summed E-state index contributed by atoms with van der Waals surface area (Å²) in [6, 6.07) is 5.46. The van der Waals surface area contributed by atoms with Gasteiger partial charge in [-0.3, -0.25) is 4.79 Å². The number of amides is 1. The first kappa shape index (κ1) is 16.7. The highest BCUT2D eigenvalue weighted by Gasteiger charge is 2.44. The molecule has 0 unspecified atom stereocenters. The Bertz CT molecular complexity index is 652. The van der Waals surface area contributed by atoms with Gasteiger partial charge >= 0.3 is 6.18 Å². The van der Waals surface area contributed by atoms with Crippen molar-refractivity contribution in [1.82, 2.24) is 4.90 Å². The highest BCUT2D eigenvalue weighted by atomic mass is 19.4. The van der Waals surface area contributed by atoms with Gasteiger partial charge in [-0.05, 0) is 49.3 Å². The number of carbonyl (C=O) groups is 1. The van der Waals surface area contributed by atoms with Crippen molar-refractivity contribution in [2.45, 2.75) is 31.9 Å². The number of hydrogen-bond acceptors (Lipinski definition) is 2. The van der Waals surface area contributed by atoms with Crippen LogP contribution < -0.4 is 4.90 Å². The maximum atomic E-state index is 12.9. The molecule has 25 heavy (non-hydrogen) atoms. The molecule has 3 atom stereocenters. The van der Waals surface area contributed by atoms with Gasteiger partial charge in [-0.15, -0.1) is 0 Å². The summed E-state index contributed by atoms with van der Waals surface area (Å²) in [5.74, 6) is 1.78. The Morgan fingerprint density at radius 1 is 1.04 bits per heavy atom. The number of halogens is 3. The second-order valence-electron chi connectivity index (χ2n) is 7.64. The summed E-state index contributed by atoms with van der Waals surface area (Å²) in [4.78, 5) is 16.6. The largest absolute Gasteiger partial charge is 0.416 e. The lowest BCUT2D eigenvalue weighted by Crippen LogP contribution is -2.51. The van der Waals surface area contributed by atoms with Crippen LogP contribution in [0.1, 0.15) is 31.2 Å².